The Morgan fingerprint density at radius 2 is 1.89 bits per heavy atom. The van der Waals surface area contributed by atoms with Gasteiger partial charge in [-0.05, 0) is 18.3 Å². The first-order valence-electron chi connectivity index (χ1n) is 7.02. The van der Waals surface area contributed by atoms with Crippen LogP contribution >= 0.6 is 0 Å². The molecule has 5 heteroatoms. The summed E-state index contributed by atoms with van der Waals surface area (Å²) in [5.41, 5.74) is 0.351. The molecule has 0 aromatic carbocycles. The Morgan fingerprint density at radius 3 is 2.32 bits per heavy atom. The van der Waals surface area contributed by atoms with Crippen LogP contribution in [-0.2, 0) is 4.79 Å². The molecule has 1 aliphatic rings. The zero-order valence-corrected chi connectivity index (χ0v) is 12.5. The normalized spacial score (nSPS) is 19.9. The third-order valence-electron chi connectivity index (χ3n) is 4.39. The molecule has 0 bridgehead atoms. The number of rotatable bonds is 4. The fourth-order valence-electron chi connectivity index (χ4n) is 2.40. The number of amides is 2. The molecule has 0 aromatic rings. The highest BCUT2D eigenvalue weighted by molar-refractivity contribution is 5.76. The largest absolute Gasteiger partial charge is 0.481 e. The van der Waals surface area contributed by atoms with Crippen molar-refractivity contribution >= 4 is 12.0 Å². The average Bonchev–Trinajstić information content (AvgIpc) is 2.38. The number of urea groups is 1. The quantitative estimate of drug-likeness (QED) is 0.852. The summed E-state index contributed by atoms with van der Waals surface area (Å²) in [6.07, 6.45) is 3.19. The molecular formula is C14H26N2O3. The lowest BCUT2D eigenvalue weighted by atomic mass is 9.78. The first-order chi connectivity index (χ1) is 8.79. The fraction of sp³-hybridized carbons (Fsp3) is 0.857. The van der Waals surface area contributed by atoms with Crippen molar-refractivity contribution in [2.45, 2.75) is 40.0 Å². The Balaban J connectivity index is 2.49. The summed E-state index contributed by atoms with van der Waals surface area (Å²) in [4.78, 5) is 26.4. The van der Waals surface area contributed by atoms with E-state index >= 15 is 0 Å². The van der Waals surface area contributed by atoms with E-state index in [1.807, 2.05) is 4.90 Å². The van der Waals surface area contributed by atoms with Crippen LogP contribution in [0.2, 0.25) is 0 Å². The van der Waals surface area contributed by atoms with Crippen molar-refractivity contribution in [3.05, 3.63) is 0 Å². The maximum atomic E-state index is 12.2. The van der Waals surface area contributed by atoms with Gasteiger partial charge in [-0.2, -0.15) is 0 Å². The smallest absolute Gasteiger partial charge is 0.319 e. The third kappa shape index (κ3) is 4.11. The van der Waals surface area contributed by atoms with Gasteiger partial charge in [0.15, 0.2) is 0 Å². The van der Waals surface area contributed by atoms with E-state index in [1.165, 1.54) is 4.90 Å². The molecule has 1 atom stereocenters. The van der Waals surface area contributed by atoms with Crippen LogP contribution in [0.15, 0.2) is 0 Å². The Morgan fingerprint density at radius 1 is 1.37 bits per heavy atom. The maximum Gasteiger partial charge on any atom is 0.319 e. The summed E-state index contributed by atoms with van der Waals surface area (Å²) in [6, 6.07) is -0.0498. The molecule has 1 saturated heterocycles. The van der Waals surface area contributed by atoms with Gasteiger partial charge < -0.3 is 14.9 Å². The molecular weight excluding hydrogens is 244 g/mol. The minimum atomic E-state index is -0.864. The molecule has 1 N–H and O–H groups in total. The molecule has 0 radical (unpaired) electrons. The lowest BCUT2D eigenvalue weighted by Crippen LogP contribution is -2.48. The number of carbonyl (C=O) groups excluding carboxylic acids is 1. The Bertz CT molecular complexity index is 336. The van der Waals surface area contributed by atoms with E-state index in [4.69, 9.17) is 5.11 Å². The van der Waals surface area contributed by atoms with E-state index in [0.29, 0.717) is 5.41 Å². The van der Waals surface area contributed by atoms with Gasteiger partial charge in [-0.3, -0.25) is 4.79 Å². The lowest BCUT2D eigenvalue weighted by Gasteiger charge is -2.40. The Labute approximate surface area is 115 Å². The van der Waals surface area contributed by atoms with Gasteiger partial charge in [-0.25, -0.2) is 4.79 Å². The summed E-state index contributed by atoms with van der Waals surface area (Å²) < 4.78 is 0. The monoisotopic (exact) mass is 270 g/mol. The van der Waals surface area contributed by atoms with Crippen LogP contribution in [0.1, 0.15) is 40.0 Å². The summed E-state index contributed by atoms with van der Waals surface area (Å²) in [7, 11) is 1.68. The highest BCUT2D eigenvalue weighted by Crippen LogP contribution is 2.34. The van der Waals surface area contributed by atoms with Crippen LogP contribution in [0.25, 0.3) is 0 Å². The maximum absolute atomic E-state index is 12.2. The van der Waals surface area contributed by atoms with Crippen molar-refractivity contribution in [1.29, 1.82) is 0 Å². The third-order valence-corrected chi connectivity index (χ3v) is 4.39. The van der Waals surface area contributed by atoms with Crippen molar-refractivity contribution < 1.29 is 14.7 Å². The van der Waals surface area contributed by atoms with E-state index in [0.717, 1.165) is 32.4 Å². The molecule has 1 aliphatic heterocycles. The number of aliphatic carboxylic acids is 1. The molecule has 2 amide bonds. The minimum Gasteiger partial charge on any atom is -0.481 e. The van der Waals surface area contributed by atoms with Gasteiger partial charge in [0.1, 0.15) is 0 Å². The summed E-state index contributed by atoms with van der Waals surface area (Å²) in [6.45, 7) is 7.89. The van der Waals surface area contributed by atoms with Crippen LogP contribution in [0.5, 0.6) is 0 Å². The molecule has 5 nitrogen and oxygen atoms in total. The predicted octanol–water partition coefficient (Wildman–Crippen LogP) is 2.27. The van der Waals surface area contributed by atoms with Crippen molar-refractivity contribution in [2.75, 3.05) is 26.7 Å². The highest BCUT2D eigenvalue weighted by atomic mass is 16.4. The van der Waals surface area contributed by atoms with Crippen LogP contribution in [0.4, 0.5) is 4.79 Å². The number of carbonyl (C=O) groups is 2. The zero-order chi connectivity index (χ0) is 14.6. The fourth-order valence-corrected chi connectivity index (χ4v) is 2.40. The Kier molecular flexibility index (Phi) is 5.20. The molecule has 110 valence electrons. The average molecular weight is 270 g/mol. The zero-order valence-electron chi connectivity index (χ0n) is 12.5. The summed E-state index contributed by atoms with van der Waals surface area (Å²) >= 11 is 0. The second-order valence-electron chi connectivity index (χ2n) is 6.05. The van der Waals surface area contributed by atoms with Gasteiger partial charge in [0, 0.05) is 26.7 Å². The highest BCUT2D eigenvalue weighted by Gasteiger charge is 2.31. The van der Waals surface area contributed by atoms with E-state index in [-0.39, 0.29) is 12.6 Å². The first-order valence-corrected chi connectivity index (χ1v) is 7.02. The summed E-state index contributed by atoms with van der Waals surface area (Å²) in [5, 5.41) is 8.87. The van der Waals surface area contributed by atoms with Gasteiger partial charge in [0.25, 0.3) is 0 Å². The first kappa shape index (κ1) is 15.8. The van der Waals surface area contributed by atoms with Gasteiger partial charge in [0.05, 0.1) is 5.92 Å². The van der Waals surface area contributed by atoms with Crippen molar-refractivity contribution in [2.24, 2.45) is 11.3 Å². The van der Waals surface area contributed by atoms with Crippen LogP contribution in [0, 0.1) is 11.3 Å². The molecule has 0 aromatic heterocycles. The molecule has 19 heavy (non-hydrogen) atoms. The number of hydrogen-bond donors (Lipinski definition) is 1. The SMILES string of the molecule is CCC1(C)CCN(C(=O)N(C)CC(C)C(=O)O)CC1. The molecule has 1 rings (SSSR count). The minimum absolute atomic E-state index is 0.0498. The van der Waals surface area contributed by atoms with Gasteiger partial charge in [-0.15, -0.1) is 0 Å². The number of carboxylic acid groups (broad SMARTS) is 1. The van der Waals surface area contributed by atoms with Gasteiger partial charge in [-0.1, -0.05) is 27.2 Å². The number of hydrogen-bond acceptors (Lipinski definition) is 2. The topological polar surface area (TPSA) is 60.9 Å². The number of nitrogens with zero attached hydrogens (tertiary/aromatic N) is 2. The van der Waals surface area contributed by atoms with Crippen LogP contribution < -0.4 is 0 Å². The van der Waals surface area contributed by atoms with Crippen molar-refractivity contribution in [3.8, 4) is 0 Å². The second-order valence-corrected chi connectivity index (χ2v) is 6.05. The predicted molar refractivity (Wildman–Crippen MR) is 74.0 cm³/mol. The number of carboxylic acids is 1. The van der Waals surface area contributed by atoms with Crippen molar-refractivity contribution in [1.82, 2.24) is 9.80 Å². The number of likely N-dealkylation sites (tertiary alicyclic amines) is 1. The molecule has 1 heterocycles. The Hall–Kier alpha value is -1.26. The standard InChI is InChI=1S/C14H26N2O3/c1-5-14(3)6-8-16(9-7-14)13(19)15(4)10-11(2)12(17)18/h11H,5-10H2,1-4H3,(H,17,18). The number of piperidine rings is 1. The van der Waals surface area contributed by atoms with Crippen molar-refractivity contribution in [3.63, 3.8) is 0 Å². The summed E-state index contributed by atoms with van der Waals surface area (Å²) in [5.74, 6) is -1.39. The van der Waals surface area contributed by atoms with Crippen LogP contribution in [-0.4, -0.2) is 53.6 Å². The molecule has 1 fully saturated rings. The lowest BCUT2D eigenvalue weighted by molar-refractivity contribution is -0.141. The van der Waals surface area contributed by atoms with Gasteiger partial charge >= 0.3 is 12.0 Å². The molecule has 0 aliphatic carbocycles. The van der Waals surface area contributed by atoms with E-state index in [2.05, 4.69) is 13.8 Å². The van der Waals surface area contributed by atoms with Crippen LogP contribution in [0.3, 0.4) is 0 Å². The van der Waals surface area contributed by atoms with Gasteiger partial charge in [0.2, 0.25) is 0 Å². The van der Waals surface area contributed by atoms with E-state index in [9.17, 15) is 9.59 Å². The second kappa shape index (κ2) is 6.26. The molecule has 0 spiro atoms. The van der Waals surface area contributed by atoms with E-state index < -0.39 is 11.9 Å². The molecule has 0 saturated carbocycles. The van der Waals surface area contributed by atoms with E-state index in [1.54, 1.807) is 14.0 Å². The molecule has 1 unspecified atom stereocenters.